The summed E-state index contributed by atoms with van der Waals surface area (Å²) >= 11 is 3.44. The number of aromatic nitrogens is 10. The molecular weight excluding hydrogens is 868 g/mol. The van der Waals surface area contributed by atoms with Gasteiger partial charge in [0, 0.05) is 48.4 Å². The zero-order valence-corrected chi connectivity index (χ0v) is 35.5. The zero-order chi connectivity index (χ0) is 43.5. The molecule has 63 heavy (non-hydrogen) atoms. The Balaban J connectivity index is 0.000000161. The molecule has 9 N–H and O–H groups in total. The summed E-state index contributed by atoms with van der Waals surface area (Å²) in [6.07, 6.45) is 14.0. The number of nitrogens with zero attached hydrogens (tertiary/aromatic N) is 8. The first-order valence-electron chi connectivity index (χ1n) is 20.7. The predicted molar refractivity (Wildman–Crippen MR) is 241 cm³/mol. The minimum Gasteiger partial charge on any atom is -0.394 e. The van der Waals surface area contributed by atoms with Crippen LogP contribution in [0, 0.1) is 11.8 Å². The molecule has 0 saturated heterocycles. The van der Waals surface area contributed by atoms with Gasteiger partial charge in [-0.1, -0.05) is 54.5 Å². The molecule has 2 aromatic carbocycles. The van der Waals surface area contributed by atoms with Crippen molar-refractivity contribution in [3.05, 3.63) is 108 Å². The molecule has 0 unspecified atom stereocenters. The van der Waals surface area contributed by atoms with E-state index >= 15 is 0 Å². The third-order valence-electron chi connectivity index (χ3n) is 10.8. The average Bonchev–Trinajstić information content (AvgIpc) is 4.11. The standard InChI is InChI=1S/C24H24N6O3.C21H21BrN6O2/c31-9-1-2-18-13-30-21(12-27-24(30)23(28-18)25-10-19(33)14-32)16-5-3-15(4-6-16)20-11-26-22(29-20)17-7-8-17;22-18-10-28-17(9-25-21(28)20(27-18)23-7-15(30)11-29)13-3-1-12(2-4-13)16-8-24-19(26-16)14-5-6-14/h3-6,11-13,17,19,31-33H,7-10,14H2,(H,25,28)(H,26,29);1-4,8-10,14-15,29-30H,5-7,11H2,(H,23,27)(H,24,26)/t19-;15-/m00/s1. The Morgan fingerprint density at radius 2 is 1.10 bits per heavy atom. The van der Waals surface area contributed by atoms with Crippen LogP contribution in [0.15, 0.2) is 90.3 Å². The van der Waals surface area contributed by atoms with E-state index in [4.69, 9.17) is 15.3 Å². The molecule has 2 atom stereocenters. The summed E-state index contributed by atoms with van der Waals surface area (Å²) in [6.45, 7) is -0.668. The number of aromatic amines is 2. The minimum atomic E-state index is -0.927. The number of rotatable bonds is 14. The monoisotopic (exact) mass is 912 g/mol. The van der Waals surface area contributed by atoms with Crippen LogP contribution in [0.2, 0.25) is 0 Å². The van der Waals surface area contributed by atoms with Crippen molar-refractivity contribution in [1.29, 1.82) is 0 Å². The summed E-state index contributed by atoms with van der Waals surface area (Å²) < 4.78 is 4.46. The Bertz CT molecular complexity index is 2910. The van der Waals surface area contributed by atoms with E-state index in [1.165, 1.54) is 25.7 Å². The highest BCUT2D eigenvalue weighted by molar-refractivity contribution is 9.10. The molecule has 10 rings (SSSR count). The van der Waals surface area contributed by atoms with E-state index in [9.17, 15) is 10.2 Å². The van der Waals surface area contributed by atoms with E-state index in [1.54, 1.807) is 18.6 Å². The second kappa shape index (κ2) is 18.5. The van der Waals surface area contributed by atoms with Gasteiger partial charge in [0.05, 0.1) is 73.0 Å². The second-order valence-electron chi connectivity index (χ2n) is 15.5. The predicted octanol–water partition coefficient (Wildman–Crippen LogP) is 4.96. The molecule has 0 bridgehead atoms. The largest absolute Gasteiger partial charge is 0.394 e. The van der Waals surface area contributed by atoms with Crippen molar-refractivity contribution < 1.29 is 25.5 Å². The van der Waals surface area contributed by atoms with Crippen LogP contribution in [0.3, 0.4) is 0 Å². The number of fused-ring (bicyclic) bond motifs is 2. The number of benzene rings is 2. The van der Waals surface area contributed by atoms with Crippen LogP contribution in [0.4, 0.5) is 11.6 Å². The SMILES string of the molecule is OCC#Cc1cn2c(-c3ccc(-c4cnc(C5CC5)[nH]4)cc3)cnc2c(NC[C@H](O)CO)n1.OC[C@@H](O)CNc1nc(Br)cn2c(-c3ccc(-c4cnc(C5CC5)[nH]4)cc3)cnc12. The van der Waals surface area contributed by atoms with Gasteiger partial charge in [0.2, 0.25) is 0 Å². The topological polar surface area (TPSA) is 243 Å². The maximum Gasteiger partial charge on any atom is 0.180 e. The summed E-state index contributed by atoms with van der Waals surface area (Å²) in [7, 11) is 0. The van der Waals surface area contributed by atoms with Crippen LogP contribution < -0.4 is 10.6 Å². The lowest BCUT2D eigenvalue weighted by atomic mass is 10.1. The number of imidazole rings is 4. The van der Waals surface area contributed by atoms with Crippen molar-refractivity contribution in [3.63, 3.8) is 0 Å². The highest BCUT2D eigenvalue weighted by atomic mass is 79.9. The molecule has 2 aliphatic rings. The third kappa shape index (κ3) is 9.49. The minimum absolute atomic E-state index is 0.111. The van der Waals surface area contributed by atoms with Gasteiger partial charge >= 0.3 is 0 Å². The van der Waals surface area contributed by atoms with Crippen LogP contribution in [-0.2, 0) is 0 Å². The van der Waals surface area contributed by atoms with Gasteiger partial charge in [0.25, 0.3) is 0 Å². The molecule has 2 saturated carbocycles. The second-order valence-corrected chi connectivity index (χ2v) is 16.3. The molecule has 0 radical (unpaired) electrons. The van der Waals surface area contributed by atoms with Crippen LogP contribution >= 0.6 is 15.9 Å². The van der Waals surface area contributed by atoms with Gasteiger partial charge in [0.15, 0.2) is 22.9 Å². The Morgan fingerprint density at radius 1 is 0.635 bits per heavy atom. The van der Waals surface area contributed by atoms with Crippen LogP contribution in [0.1, 0.15) is 54.9 Å². The van der Waals surface area contributed by atoms with Crippen molar-refractivity contribution in [2.24, 2.45) is 0 Å². The van der Waals surface area contributed by atoms with Crippen LogP contribution in [0.5, 0.6) is 0 Å². The molecule has 0 spiro atoms. The molecular formula is C45H45BrN12O5. The van der Waals surface area contributed by atoms with Gasteiger partial charge in [-0.2, -0.15) is 0 Å². The Hall–Kier alpha value is -6.46. The summed E-state index contributed by atoms with van der Waals surface area (Å²) in [5, 5.41) is 52.6. The number of aliphatic hydroxyl groups is 5. The fourth-order valence-corrected chi connectivity index (χ4v) is 7.48. The van der Waals surface area contributed by atoms with E-state index in [1.807, 2.05) is 51.7 Å². The molecule has 2 fully saturated rings. The van der Waals surface area contributed by atoms with Crippen LogP contribution in [0.25, 0.3) is 56.3 Å². The van der Waals surface area contributed by atoms with Gasteiger partial charge in [-0.3, -0.25) is 8.80 Å². The van der Waals surface area contributed by atoms with Crippen molar-refractivity contribution in [2.75, 3.05) is 43.5 Å². The van der Waals surface area contributed by atoms with E-state index in [2.05, 4.69) is 103 Å². The lowest BCUT2D eigenvalue weighted by molar-refractivity contribution is 0.105. The molecule has 8 aromatic rings. The molecule has 17 nitrogen and oxygen atoms in total. The summed E-state index contributed by atoms with van der Waals surface area (Å²) in [5.74, 6) is 9.71. The summed E-state index contributed by atoms with van der Waals surface area (Å²) in [6, 6.07) is 16.4. The average molecular weight is 914 g/mol. The Kier molecular flexibility index (Phi) is 12.3. The third-order valence-corrected chi connectivity index (χ3v) is 11.2. The molecule has 6 heterocycles. The molecule has 0 aliphatic heterocycles. The highest BCUT2D eigenvalue weighted by Crippen LogP contribution is 2.40. The maximum atomic E-state index is 9.70. The first-order chi connectivity index (χ1) is 30.8. The lowest BCUT2D eigenvalue weighted by Gasteiger charge is -2.11. The highest BCUT2D eigenvalue weighted by Gasteiger charge is 2.27. The van der Waals surface area contributed by atoms with E-state index in [0.29, 0.717) is 45.1 Å². The molecule has 18 heteroatoms. The first-order valence-corrected chi connectivity index (χ1v) is 21.5. The van der Waals surface area contributed by atoms with Crippen LogP contribution in [-0.4, -0.2) is 119 Å². The summed E-state index contributed by atoms with van der Waals surface area (Å²) in [4.78, 5) is 33.7. The van der Waals surface area contributed by atoms with E-state index < -0.39 is 12.2 Å². The summed E-state index contributed by atoms with van der Waals surface area (Å²) in [5.41, 5.74) is 9.59. The number of hydrogen-bond acceptors (Lipinski definition) is 13. The number of halogens is 1. The first kappa shape index (κ1) is 41.9. The van der Waals surface area contributed by atoms with Gasteiger partial charge in [0.1, 0.15) is 28.6 Å². The van der Waals surface area contributed by atoms with E-state index in [-0.39, 0.29) is 32.9 Å². The zero-order valence-electron chi connectivity index (χ0n) is 33.9. The van der Waals surface area contributed by atoms with E-state index in [0.717, 1.165) is 56.7 Å². The van der Waals surface area contributed by atoms with Gasteiger partial charge in [-0.05, 0) is 58.7 Å². The molecule has 0 amide bonds. The maximum absolute atomic E-state index is 9.70. The van der Waals surface area contributed by atoms with Gasteiger partial charge in [-0.15, -0.1) is 0 Å². The lowest BCUT2D eigenvalue weighted by Crippen LogP contribution is -2.23. The number of hydrogen-bond donors (Lipinski definition) is 9. The fourth-order valence-electron chi connectivity index (χ4n) is 7.10. The number of nitrogens with one attached hydrogen (secondary N) is 4. The molecule has 2 aliphatic carbocycles. The quantitative estimate of drug-likeness (QED) is 0.0656. The fraction of sp³-hybridized carbons (Fsp3) is 0.289. The Morgan fingerprint density at radius 3 is 1.56 bits per heavy atom. The van der Waals surface area contributed by atoms with Crippen molar-refractivity contribution in [1.82, 2.24) is 48.7 Å². The van der Waals surface area contributed by atoms with Gasteiger partial charge in [-0.25, -0.2) is 29.9 Å². The Labute approximate surface area is 369 Å². The van der Waals surface area contributed by atoms with Crippen molar-refractivity contribution >= 4 is 38.9 Å². The van der Waals surface area contributed by atoms with Gasteiger partial charge < -0.3 is 46.1 Å². The normalized spacial score (nSPS) is 14.5. The number of H-pyrrole nitrogens is 2. The van der Waals surface area contributed by atoms with Crippen molar-refractivity contribution in [3.8, 4) is 56.9 Å². The molecule has 322 valence electrons. The van der Waals surface area contributed by atoms with Crippen molar-refractivity contribution in [2.45, 2.75) is 49.7 Å². The molecule has 6 aromatic heterocycles. The number of anilines is 2. The smallest absolute Gasteiger partial charge is 0.180 e. The number of aliphatic hydroxyl groups excluding tert-OH is 5.